The van der Waals surface area contributed by atoms with Crippen molar-refractivity contribution in [1.82, 2.24) is 0 Å². The van der Waals surface area contributed by atoms with Crippen LogP contribution in [0.2, 0.25) is 0 Å². The molecule has 0 radical (unpaired) electrons. The van der Waals surface area contributed by atoms with E-state index in [1.54, 1.807) is 18.2 Å². The molecule has 144 valence electrons. The van der Waals surface area contributed by atoms with Crippen LogP contribution in [0.25, 0.3) is 0 Å². The van der Waals surface area contributed by atoms with Crippen molar-refractivity contribution < 1.29 is 32.5 Å². The Hall–Kier alpha value is -1.07. The van der Waals surface area contributed by atoms with Crippen LogP contribution in [0.3, 0.4) is 0 Å². The van der Waals surface area contributed by atoms with E-state index in [-0.39, 0.29) is 11.5 Å². The van der Waals surface area contributed by atoms with Gasteiger partial charge in [0, 0.05) is 0 Å². The maximum atomic E-state index is 11.5. The van der Waals surface area contributed by atoms with Crippen LogP contribution in [-0.4, -0.2) is 73.0 Å². The smallest absolute Gasteiger partial charge is 0.238 e. The molecule has 0 bridgehead atoms. The number of hydrogen-bond acceptors (Lipinski definition) is 7. The summed E-state index contributed by atoms with van der Waals surface area (Å²) in [6.07, 6.45) is 0.462. The molecule has 0 aliphatic heterocycles. The normalized spacial score (nSPS) is 11.8. The largest absolute Gasteiger partial charge is 0.394 e. The van der Waals surface area contributed by atoms with E-state index in [1.807, 2.05) is 0 Å². The van der Waals surface area contributed by atoms with Crippen LogP contribution < -0.4 is 5.14 Å². The number of rotatable bonds is 15. The molecule has 0 unspecified atom stereocenters. The van der Waals surface area contributed by atoms with Crippen LogP contribution in [0.5, 0.6) is 0 Å². The fourth-order valence-electron chi connectivity index (χ4n) is 2.00. The van der Waals surface area contributed by atoms with Crippen LogP contribution in [0.15, 0.2) is 29.2 Å². The number of aliphatic hydroxyl groups excluding tert-OH is 1. The van der Waals surface area contributed by atoms with Crippen LogP contribution in [0, 0.1) is 0 Å². The summed E-state index contributed by atoms with van der Waals surface area (Å²) in [6.45, 7) is 3.39. The minimum Gasteiger partial charge on any atom is -0.394 e. The molecule has 1 aromatic rings. The molecule has 0 fully saturated rings. The lowest BCUT2D eigenvalue weighted by atomic mass is 10.2. The molecule has 0 atom stereocenters. The first kappa shape index (κ1) is 22.0. The standard InChI is InChI=1S/C16H27NO7S/c17-25(19,20)16-4-2-1-3-15(16)5-7-21-9-11-23-13-14-24-12-10-22-8-6-18/h1-4,18H,5-14H2,(H2,17,19,20). The van der Waals surface area contributed by atoms with Crippen molar-refractivity contribution in [3.8, 4) is 0 Å². The van der Waals surface area contributed by atoms with Crippen molar-refractivity contribution in [1.29, 1.82) is 0 Å². The second kappa shape index (κ2) is 13.2. The summed E-state index contributed by atoms with van der Waals surface area (Å²) in [5, 5.41) is 13.7. The Kier molecular flexibility index (Phi) is 11.6. The third-order valence-electron chi connectivity index (χ3n) is 3.15. The van der Waals surface area contributed by atoms with Crippen LogP contribution in [-0.2, 0) is 35.4 Å². The Balaban J connectivity index is 2.01. The molecular weight excluding hydrogens is 350 g/mol. The Morgan fingerprint density at radius 2 is 1.28 bits per heavy atom. The predicted molar refractivity (Wildman–Crippen MR) is 91.9 cm³/mol. The molecule has 1 rings (SSSR count). The van der Waals surface area contributed by atoms with Crippen molar-refractivity contribution >= 4 is 10.0 Å². The van der Waals surface area contributed by atoms with Gasteiger partial charge < -0.3 is 24.1 Å². The Labute approximate surface area is 148 Å². The van der Waals surface area contributed by atoms with Gasteiger partial charge in [-0.15, -0.1) is 0 Å². The van der Waals surface area contributed by atoms with Gasteiger partial charge in [-0.05, 0) is 18.1 Å². The topological polar surface area (TPSA) is 117 Å². The van der Waals surface area contributed by atoms with Crippen molar-refractivity contribution in [3.63, 3.8) is 0 Å². The molecule has 0 aliphatic rings. The highest BCUT2D eigenvalue weighted by molar-refractivity contribution is 7.89. The van der Waals surface area contributed by atoms with E-state index in [1.165, 1.54) is 6.07 Å². The van der Waals surface area contributed by atoms with E-state index >= 15 is 0 Å². The van der Waals surface area contributed by atoms with Gasteiger partial charge in [-0.1, -0.05) is 18.2 Å². The number of hydrogen-bond donors (Lipinski definition) is 2. The van der Waals surface area contributed by atoms with Gasteiger partial charge in [0.15, 0.2) is 0 Å². The van der Waals surface area contributed by atoms with Crippen LogP contribution >= 0.6 is 0 Å². The first-order valence-electron chi connectivity index (χ1n) is 8.08. The van der Waals surface area contributed by atoms with Gasteiger partial charge in [0.2, 0.25) is 10.0 Å². The molecule has 0 aliphatic carbocycles. The van der Waals surface area contributed by atoms with Crippen LogP contribution in [0.1, 0.15) is 5.56 Å². The number of nitrogens with two attached hydrogens (primary N) is 1. The van der Waals surface area contributed by atoms with Gasteiger partial charge in [0.25, 0.3) is 0 Å². The van der Waals surface area contributed by atoms with E-state index in [9.17, 15) is 8.42 Å². The molecule has 25 heavy (non-hydrogen) atoms. The lowest BCUT2D eigenvalue weighted by Gasteiger charge is -2.09. The Bertz CT molecular complexity index is 565. The van der Waals surface area contributed by atoms with Crippen molar-refractivity contribution in [2.24, 2.45) is 5.14 Å². The zero-order chi connectivity index (χ0) is 18.4. The zero-order valence-electron chi connectivity index (χ0n) is 14.3. The molecule has 0 spiro atoms. The van der Waals surface area contributed by atoms with Crippen molar-refractivity contribution in [2.45, 2.75) is 11.3 Å². The number of ether oxygens (including phenoxy) is 4. The SMILES string of the molecule is NS(=O)(=O)c1ccccc1CCOCCOCCOCCOCCO. The van der Waals surface area contributed by atoms with Crippen molar-refractivity contribution in [3.05, 3.63) is 29.8 Å². The third kappa shape index (κ3) is 10.5. The van der Waals surface area contributed by atoms with Gasteiger partial charge in [-0.25, -0.2) is 13.6 Å². The van der Waals surface area contributed by atoms with E-state index in [4.69, 9.17) is 29.2 Å². The summed E-state index contributed by atoms with van der Waals surface area (Å²) >= 11 is 0. The maximum Gasteiger partial charge on any atom is 0.238 e. The van der Waals surface area contributed by atoms with E-state index < -0.39 is 10.0 Å². The summed E-state index contributed by atoms with van der Waals surface area (Å²) < 4.78 is 44.0. The molecule has 1 aromatic carbocycles. The van der Waals surface area contributed by atoms with Gasteiger partial charge >= 0.3 is 0 Å². The molecule has 9 heteroatoms. The minimum absolute atomic E-state index is 0.0106. The van der Waals surface area contributed by atoms with Crippen LogP contribution in [0.4, 0.5) is 0 Å². The number of primary sulfonamides is 1. The molecule has 0 aromatic heterocycles. The second-order valence-electron chi connectivity index (χ2n) is 5.08. The summed E-state index contributed by atoms with van der Waals surface area (Å²) in [4.78, 5) is 0.134. The second-order valence-corrected chi connectivity index (χ2v) is 6.61. The first-order valence-corrected chi connectivity index (χ1v) is 9.63. The highest BCUT2D eigenvalue weighted by atomic mass is 32.2. The molecule has 0 heterocycles. The highest BCUT2D eigenvalue weighted by Crippen LogP contribution is 2.14. The third-order valence-corrected chi connectivity index (χ3v) is 4.16. The van der Waals surface area contributed by atoms with Gasteiger partial charge in [0.1, 0.15) is 0 Å². The van der Waals surface area contributed by atoms with Gasteiger partial charge in [-0.2, -0.15) is 0 Å². The quantitative estimate of drug-likeness (QED) is 0.411. The highest BCUT2D eigenvalue weighted by Gasteiger charge is 2.12. The van der Waals surface area contributed by atoms with Gasteiger partial charge in [0.05, 0.1) is 64.4 Å². The molecule has 8 nitrogen and oxygen atoms in total. The summed E-state index contributed by atoms with van der Waals surface area (Å²) in [7, 11) is -3.72. The fourth-order valence-corrected chi connectivity index (χ4v) is 2.80. The van der Waals surface area contributed by atoms with E-state index in [2.05, 4.69) is 0 Å². The average Bonchev–Trinajstić information content (AvgIpc) is 2.58. The lowest BCUT2D eigenvalue weighted by molar-refractivity contribution is -0.00525. The monoisotopic (exact) mass is 377 g/mol. The Morgan fingerprint density at radius 3 is 1.80 bits per heavy atom. The van der Waals surface area contributed by atoms with E-state index in [0.717, 1.165) is 0 Å². The minimum atomic E-state index is -3.72. The first-order chi connectivity index (χ1) is 12.1. The summed E-state index contributed by atoms with van der Waals surface area (Å²) in [6, 6.07) is 6.62. The summed E-state index contributed by atoms with van der Waals surface area (Å²) in [5.41, 5.74) is 0.641. The molecule has 0 amide bonds. The summed E-state index contributed by atoms with van der Waals surface area (Å²) in [5.74, 6) is 0. The molecule has 0 saturated heterocycles. The van der Waals surface area contributed by atoms with E-state index in [0.29, 0.717) is 64.8 Å². The Morgan fingerprint density at radius 1 is 0.800 bits per heavy atom. The van der Waals surface area contributed by atoms with Crippen molar-refractivity contribution in [2.75, 3.05) is 59.5 Å². The lowest BCUT2D eigenvalue weighted by Crippen LogP contribution is -2.16. The average molecular weight is 377 g/mol. The number of benzene rings is 1. The molecular formula is C16H27NO7S. The predicted octanol–water partition coefficient (Wildman–Crippen LogP) is -0.0648. The molecule has 3 N–H and O–H groups in total. The number of aliphatic hydroxyl groups is 1. The molecule has 0 saturated carbocycles. The number of sulfonamides is 1. The zero-order valence-corrected chi connectivity index (χ0v) is 15.1. The fraction of sp³-hybridized carbons (Fsp3) is 0.625. The maximum absolute atomic E-state index is 11.5. The van der Waals surface area contributed by atoms with Gasteiger partial charge in [-0.3, -0.25) is 0 Å².